The fourth-order valence-corrected chi connectivity index (χ4v) is 30.0. The number of carbonyl (C=O) groups is 4. The van der Waals surface area contributed by atoms with Gasteiger partial charge in [-0.2, -0.15) is 0 Å². The van der Waals surface area contributed by atoms with Crippen LogP contribution in [-0.2, 0) is 85.8 Å². The van der Waals surface area contributed by atoms with Gasteiger partial charge in [-0.1, -0.05) is 133 Å². The summed E-state index contributed by atoms with van der Waals surface area (Å²) in [6, 6.07) is 51.2. The molecule has 20 nitrogen and oxygen atoms in total. The zero-order valence-electron chi connectivity index (χ0n) is 82.2. The molecule has 4 heterocycles. The van der Waals surface area contributed by atoms with Gasteiger partial charge in [-0.3, -0.25) is 19.2 Å². The van der Waals surface area contributed by atoms with Gasteiger partial charge in [0, 0.05) is 37.0 Å². The highest BCUT2D eigenvalue weighted by atomic mass is 127. The highest BCUT2D eigenvalue weighted by Gasteiger charge is 2.56. The Morgan fingerprint density at radius 1 is 0.293 bits per heavy atom. The van der Waals surface area contributed by atoms with Crippen molar-refractivity contribution in [2.45, 2.75) is 225 Å². The van der Waals surface area contributed by atoms with Gasteiger partial charge in [0.25, 0.3) is 5.91 Å². The van der Waals surface area contributed by atoms with E-state index in [4.69, 9.17) is 29.9 Å². The van der Waals surface area contributed by atoms with E-state index < -0.39 is 58.6 Å². The Hall–Kier alpha value is -12.0. The molecule has 0 spiro atoms. The van der Waals surface area contributed by atoms with Crippen molar-refractivity contribution in [1.29, 1.82) is 0 Å². The molecule has 4 aromatic heterocycles. The van der Waals surface area contributed by atoms with Crippen molar-refractivity contribution in [3.63, 3.8) is 0 Å². The van der Waals surface area contributed by atoms with E-state index in [1.807, 2.05) is 140 Å². The Kier molecular flexibility index (Phi) is 29.5. The second kappa shape index (κ2) is 42.9. The molecule has 16 bridgehead atoms. The quantitative estimate of drug-likeness (QED) is 0.0103. The Morgan fingerprint density at radius 3 is 0.823 bits per heavy atom. The lowest BCUT2D eigenvalue weighted by atomic mass is 9.48. The van der Waals surface area contributed by atoms with Crippen LogP contribution in [0.3, 0.4) is 0 Å². The van der Waals surface area contributed by atoms with Crippen LogP contribution in [0, 0.1) is 137 Å². The highest BCUT2D eigenvalue weighted by Crippen LogP contribution is 2.66. The van der Waals surface area contributed by atoms with Gasteiger partial charge in [-0.15, -0.1) is 0 Å². The minimum atomic E-state index is -2.27. The minimum absolute atomic E-state index is 0.0176. The number of benzene rings is 8. The molecular formula is C119H122F7IN12O8. The summed E-state index contributed by atoms with van der Waals surface area (Å²) in [4.78, 5) is 90.3. The van der Waals surface area contributed by atoms with Gasteiger partial charge in [0.05, 0.1) is 116 Å². The number of anilines is 4. The van der Waals surface area contributed by atoms with Crippen LogP contribution in [0.1, 0.15) is 226 Å². The average molecular weight is 2110 g/mol. The number of hydrogen-bond donors (Lipinski definition) is 8. The molecule has 4 amide bonds. The predicted molar refractivity (Wildman–Crippen MR) is 554 cm³/mol. The molecule has 28 heteroatoms. The number of nitrogens with one attached hydrogen (secondary N) is 4. The summed E-state index contributed by atoms with van der Waals surface area (Å²) in [5.74, 6) is -2.68. The lowest BCUT2D eigenvalue weighted by Crippen LogP contribution is -2.47. The predicted octanol–water partition coefficient (Wildman–Crippen LogP) is 24.0. The molecule has 0 saturated heterocycles. The maximum atomic E-state index is 14.2. The van der Waals surface area contributed by atoms with Crippen LogP contribution in [-0.4, -0.2) is 83.9 Å². The molecule has 8 N–H and O–H groups in total. The van der Waals surface area contributed by atoms with Gasteiger partial charge in [-0.05, 0) is 365 Å². The van der Waals surface area contributed by atoms with Crippen LogP contribution in [0.15, 0.2) is 195 Å². The van der Waals surface area contributed by atoms with Crippen LogP contribution < -0.4 is 21.3 Å². The van der Waals surface area contributed by atoms with Crippen LogP contribution in [0.25, 0.3) is 45.0 Å². The molecule has 16 aliphatic carbocycles. The average Bonchev–Trinajstić information content (AvgIpc) is 0.751. The van der Waals surface area contributed by atoms with Crippen molar-refractivity contribution in [2.75, 3.05) is 21.3 Å². The van der Waals surface area contributed by atoms with Crippen molar-refractivity contribution in [1.82, 2.24) is 39.9 Å². The van der Waals surface area contributed by atoms with E-state index >= 15 is 0 Å². The van der Waals surface area contributed by atoms with Gasteiger partial charge >= 0.3 is 0 Å². The van der Waals surface area contributed by atoms with E-state index in [9.17, 15) is 70.3 Å². The number of carbonyl (C=O) groups excluding carboxylic acids is 4. The van der Waals surface area contributed by atoms with Crippen molar-refractivity contribution in [2.24, 2.45) is 92.7 Å². The van der Waals surface area contributed by atoms with Crippen LogP contribution in [0.5, 0.6) is 0 Å². The lowest BCUT2D eigenvalue weighted by molar-refractivity contribution is -0.116. The van der Waals surface area contributed by atoms with Crippen LogP contribution in [0.4, 0.5) is 54.0 Å². The van der Waals surface area contributed by atoms with E-state index in [-0.39, 0.29) is 72.6 Å². The second-order valence-electron chi connectivity index (χ2n) is 45.4. The third kappa shape index (κ3) is 23.0. The third-order valence-electron chi connectivity index (χ3n) is 34.2. The van der Waals surface area contributed by atoms with Gasteiger partial charge in [0.1, 0.15) is 0 Å². The minimum Gasteiger partial charge on any atom is -0.392 e. The largest absolute Gasteiger partial charge is 0.392 e. The molecular weight excluding hydrogens is 1990 g/mol. The zero-order valence-corrected chi connectivity index (χ0v) is 84.3. The first-order valence-electron chi connectivity index (χ1n) is 52.3. The summed E-state index contributed by atoms with van der Waals surface area (Å²) in [7, 11) is 0. The van der Waals surface area contributed by atoms with Crippen molar-refractivity contribution >= 4 is 69.5 Å². The van der Waals surface area contributed by atoms with E-state index in [1.165, 1.54) is 147 Å². The van der Waals surface area contributed by atoms with E-state index in [0.717, 1.165) is 192 Å². The van der Waals surface area contributed by atoms with Crippen LogP contribution in [0.2, 0.25) is 0 Å². The zero-order chi connectivity index (χ0) is 102. The standard InChI is InChI=1S/C30H28F5N3O2.C30H31F2N3O2.C30H32IN3O2.C29H31N3O2/c31-24-20(25(32)27(34)28(35)26(24)33)8-23(40)38-29-21(12-30-9-16-5-17(10-30)7-18(6-16)11-30)37-22(13-36-29)19-3-1-15(14-39)2-4-19;31-24-6-3-19(10-25(24)32)11-28(37)35-29-26(15-30-12-20-7-21(13-30)9-22(8-20)14-30)34-27(16-33-29)23-4-1-18(17-36)2-5-23;31-25-7-3-19(4-8-25)12-28(36)34-29-26(16-30-13-21-9-22(14-30)11-23(10-21)15-30)33-27(17-32-29)24-5-1-20(18-35)2-6-24;33-18-19-6-8-23(9-7-19)26-17-30-27(32-28(34)24-4-2-1-3-5-24)25(31-26)16-29-13-20-10-21(14-29)12-22(11-20)15-29/h1-4,13,16-18,39H,5-12,14H2,(H,36,38,40);1-6,10,16,20-22,36H,7-9,11-15,17H2,(H,33,35,37);1-8,17,21-23,35H,9-16,18H2,(H,32,34,36);1-9,17,20-22,33H,10-16,18H2,(H,30,32,34). The molecule has 8 aromatic carbocycles. The number of rotatable bonds is 27. The maximum absolute atomic E-state index is 14.2. The van der Waals surface area contributed by atoms with Gasteiger partial charge in [0.15, 0.2) is 58.2 Å². The fraction of sp³-hybridized carbons (Fsp3) is 0.429. The smallest absolute Gasteiger partial charge is 0.256 e. The number of aliphatic hydroxyl groups excluding tert-OH is 4. The number of halogens is 8. The number of hydrogen-bond acceptors (Lipinski definition) is 16. The van der Waals surface area contributed by atoms with E-state index in [2.05, 4.69) is 53.8 Å². The molecule has 0 radical (unpaired) electrons. The molecule has 16 aliphatic rings. The number of nitrogens with zero attached hydrogens (tertiary/aromatic N) is 8. The highest BCUT2D eigenvalue weighted by molar-refractivity contribution is 14.1. The fourth-order valence-electron chi connectivity index (χ4n) is 29.6. The summed E-state index contributed by atoms with van der Waals surface area (Å²) in [6.45, 7) is -0.0775. The molecule has 147 heavy (non-hydrogen) atoms. The Labute approximate surface area is 864 Å². The topological polar surface area (TPSA) is 300 Å². The Bertz CT molecular complexity index is 6720. The monoisotopic (exact) mass is 2110 g/mol. The van der Waals surface area contributed by atoms with E-state index in [0.29, 0.717) is 76.0 Å². The van der Waals surface area contributed by atoms with Crippen molar-refractivity contribution in [3.8, 4) is 45.0 Å². The van der Waals surface area contributed by atoms with Gasteiger partial charge < -0.3 is 41.7 Å². The number of aliphatic hydroxyl groups is 4. The van der Waals surface area contributed by atoms with E-state index in [1.54, 1.807) is 30.7 Å². The lowest BCUT2D eigenvalue weighted by Gasteiger charge is -2.57. The van der Waals surface area contributed by atoms with Crippen molar-refractivity contribution < 1.29 is 70.3 Å². The third-order valence-corrected chi connectivity index (χ3v) is 35.0. The first-order chi connectivity index (χ1) is 71.1. The maximum Gasteiger partial charge on any atom is 0.256 e. The van der Waals surface area contributed by atoms with Gasteiger partial charge in [-0.25, -0.2) is 70.6 Å². The molecule has 0 unspecified atom stereocenters. The SMILES string of the molecule is O=C(Cc1c(F)c(F)c(F)c(F)c1F)Nc1ncc(-c2ccc(CO)cc2)nc1CC12CC3CC(CC(C3)C1)C2.O=C(Cc1ccc(F)c(F)c1)Nc1ncc(-c2ccc(CO)cc2)nc1CC12CC3CC(CC(C3)C1)C2.O=C(Cc1ccc(I)cc1)Nc1ncc(-c2ccc(CO)cc2)nc1CC12CC3CC(CC(C3)C1)C2.O=C(Nc1ncc(-c2ccc(CO)cc2)nc1CC12CC3CC(CC(C3)C1)C2)c1ccccc1. The summed E-state index contributed by atoms with van der Waals surface area (Å²) >= 11 is 2.28. The van der Waals surface area contributed by atoms with Crippen LogP contribution >= 0.6 is 22.6 Å². The molecule has 28 rings (SSSR count). The van der Waals surface area contributed by atoms with Crippen molar-refractivity contribution in [3.05, 3.63) is 306 Å². The number of aromatic nitrogens is 8. The molecule has 0 aliphatic heterocycles. The summed E-state index contributed by atoms with van der Waals surface area (Å²) < 4.78 is 97.4. The summed E-state index contributed by atoms with van der Waals surface area (Å²) in [6.07, 6.45) is 39.6. The van der Waals surface area contributed by atoms with Gasteiger partial charge in [0.2, 0.25) is 23.5 Å². The Balaban J connectivity index is 0.000000115. The Morgan fingerprint density at radius 2 is 0.544 bits per heavy atom. The summed E-state index contributed by atoms with van der Waals surface area (Å²) in [5.41, 5.74) is 14.5. The molecule has 12 aromatic rings. The first kappa shape index (κ1) is 101. The second-order valence-corrected chi connectivity index (χ2v) is 46.7. The number of amides is 4. The normalized spacial score (nSPS) is 26.0. The molecule has 16 fully saturated rings. The summed E-state index contributed by atoms with van der Waals surface area (Å²) in [5, 5.41) is 49.1. The first-order valence-corrected chi connectivity index (χ1v) is 53.4. The molecule has 0 atom stereocenters. The molecule has 16 saturated carbocycles. The molecule has 762 valence electrons.